The van der Waals surface area contributed by atoms with Gasteiger partial charge in [-0.15, -0.1) is 0 Å². The first-order chi connectivity index (χ1) is 8.69. The fourth-order valence-electron chi connectivity index (χ4n) is 2.99. The molecule has 104 valence electrons. The maximum absolute atomic E-state index is 4.81. The van der Waals surface area contributed by atoms with E-state index in [0.717, 1.165) is 5.92 Å². The summed E-state index contributed by atoms with van der Waals surface area (Å²) in [4.78, 5) is 4.81. The Labute approximate surface area is 116 Å². The fraction of sp³-hybridized carbons (Fsp3) is 0.933. The van der Waals surface area contributed by atoms with Crippen molar-refractivity contribution >= 4 is 16.9 Å². The average Bonchev–Trinajstić information content (AvgIpc) is 2.81. The van der Waals surface area contributed by atoms with Crippen LogP contribution >= 0.6 is 11.8 Å². The highest BCUT2D eigenvalue weighted by Gasteiger charge is 2.25. The van der Waals surface area contributed by atoms with Gasteiger partial charge in [0, 0.05) is 11.8 Å². The van der Waals surface area contributed by atoms with Gasteiger partial charge in [0.1, 0.15) is 0 Å². The fourth-order valence-corrected chi connectivity index (χ4v) is 4.24. The van der Waals surface area contributed by atoms with Gasteiger partial charge in [0.2, 0.25) is 0 Å². The zero-order valence-electron chi connectivity index (χ0n) is 12.1. The number of amidine groups is 1. The van der Waals surface area contributed by atoms with Crippen LogP contribution in [0.5, 0.6) is 0 Å². The van der Waals surface area contributed by atoms with Crippen molar-refractivity contribution in [3.63, 3.8) is 0 Å². The lowest BCUT2D eigenvalue weighted by Gasteiger charge is -2.29. The highest BCUT2D eigenvalue weighted by atomic mass is 32.2. The van der Waals surface area contributed by atoms with Crippen molar-refractivity contribution in [2.24, 2.45) is 16.8 Å². The molecule has 2 aliphatic rings. The number of nitrogens with zero attached hydrogens (tertiary/aromatic N) is 1. The molecule has 1 saturated carbocycles. The summed E-state index contributed by atoms with van der Waals surface area (Å²) in [5.41, 5.74) is 0. The number of aliphatic imine (C=N–C) groups is 1. The summed E-state index contributed by atoms with van der Waals surface area (Å²) in [5.74, 6) is 2.84. The predicted molar refractivity (Wildman–Crippen MR) is 82.3 cm³/mol. The third kappa shape index (κ3) is 3.91. The lowest BCUT2D eigenvalue weighted by Crippen LogP contribution is -2.35. The Kier molecular flexibility index (Phi) is 5.40. The minimum atomic E-state index is 0.536. The van der Waals surface area contributed by atoms with Crippen LogP contribution in [0, 0.1) is 11.8 Å². The molecule has 0 bridgehead atoms. The van der Waals surface area contributed by atoms with Gasteiger partial charge in [-0.05, 0) is 37.5 Å². The van der Waals surface area contributed by atoms with E-state index in [0.29, 0.717) is 18.0 Å². The van der Waals surface area contributed by atoms with E-state index in [1.807, 2.05) is 11.8 Å². The molecule has 3 heteroatoms. The highest BCUT2D eigenvalue weighted by molar-refractivity contribution is 8.14. The lowest BCUT2D eigenvalue weighted by molar-refractivity contribution is 0.296. The number of hydrogen-bond acceptors (Lipinski definition) is 3. The smallest absolute Gasteiger partial charge is 0.157 e. The summed E-state index contributed by atoms with van der Waals surface area (Å²) in [5, 5.41) is 4.89. The summed E-state index contributed by atoms with van der Waals surface area (Å²) >= 11 is 1.92. The molecule has 18 heavy (non-hydrogen) atoms. The molecule has 1 fully saturated rings. The Balaban J connectivity index is 1.73. The molecule has 1 aliphatic carbocycles. The van der Waals surface area contributed by atoms with E-state index in [2.05, 4.69) is 26.1 Å². The monoisotopic (exact) mass is 268 g/mol. The Hall–Kier alpha value is -0.180. The van der Waals surface area contributed by atoms with Gasteiger partial charge < -0.3 is 5.32 Å². The largest absolute Gasteiger partial charge is 0.362 e. The van der Waals surface area contributed by atoms with E-state index < -0.39 is 0 Å². The second-order valence-corrected chi connectivity index (χ2v) is 7.22. The molecular formula is C15H28N2S. The Morgan fingerprint density at radius 3 is 2.56 bits per heavy atom. The first-order valence-corrected chi connectivity index (χ1v) is 8.64. The van der Waals surface area contributed by atoms with E-state index in [4.69, 9.17) is 4.99 Å². The van der Waals surface area contributed by atoms with Gasteiger partial charge >= 0.3 is 0 Å². The third-order valence-corrected chi connectivity index (χ3v) is 5.32. The third-order valence-electron chi connectivity index (χ3n) is 4.31. The molecule has 0 amide bonds. The molecule has 1 aliphatic heterocycles. The first kappa shape index (κ1) is 14.2. The van der Waals surface area contributed by atoms with E-state index in [1.165, 1.54) is 49.4 Å². The van der Waals surface area contributed by atoms with Gasteiger partial charge in [-0.25, -0.2) is 0 Å². The Morgan fingerprint density at radius 1 is 1.28 bits per heavy atom. The van der Waals surface area contributed by atoms with Gasteiger partial charge in [0.25, 0.3) is 0 Å². The highest BCUT2D eigenvalue weighted by Crippen LogP contribution is 2.29. The van der Waals surface area contributed by atoms with Crippen molar-refractivity contribution in [3.05, 3.63) is 0 Å². The quantitative estimate of drug-likeness (QED) is 0.831. The molecule has 0 unspecified atom stereocenters. The number of rotatable bonds is 4. The van der Waals surface area contributed by atoms with Crippen LogP contribution in [0.3, 0.4) is 0 Å². The van der Waals surface area contributed by atoms with Crippen molar-refractivity contribution in [2.45, 2.75) is 71.4 Å². The normalized spacial score (nSPS) is 32.7. The lowest BCUT2D eigenvalue weighted by atomic mass is 9.83. The second kappa shape index (κ2) is 6.83. The van der Waals surface area contributed by atoms with Crippen LogP contribution in [0.4, 0.5) is 0 Å². The summed E-state index contributed by atoms with van der Waals surface area (Å²) in [6.45, 7) is 6.85. The maximum Gasteiger partial charge on any atom is 0.157 e. The molecule has 1 atom stereocenters. The van der Waals surface area contributed by atoms with Crippen molar-refractivity contribution in [1.82, 2.24) is 5.32 Å². The van der Waals surface area contributed by atoms with Crippen LogP contribution in [0.15, 0.2) is 4.99 Å². The molecule has 0 spiro atoms. The summed E-state index contributed by atoms with van der Waals surface area (Å²) in [6, 6.07) is 1.23. The van der Waals surface area contributed by atoms with Crippen molar-refractivity contribution in [2.75, 3.05) is 5.75 Å². The molecule has 0 aromatic heterocycles. The molecule has 1 N–H and O–H groups in total. The van der Waals surface area contributed by atoms with E-state index >= 15 is 0 Å². The first-order valence-electron chi connectivity index (χ1n) is 7.66. The van der Waals surface area contributed by atoms with Crippen molar-refractivity contribution in [1.29, 1.82) is 0 Å². The van der Waals surface area contributed by atoms with Gasteiger partial charge in [-0.2, -0.15) is 0 Å². The summed E-state index contributed by atoms with van der Waals surface area (Å²) in [6.07, 6.45) is 8.29. The Bertz CT molecular complexity index is 280. The SMILES string of the molecule is CCCC1CCC(NC2=N[C@@H](C(C)C)CS2)CC1. The minimum absolute atomic E-state index is 0.536. The van der Waals surface area contributed by atoms with Crippen LogP contribution in [0.2, 0.25) is 0 Å². The van der Waals surface area contributed by atoms with E-state index in [9.17, 15) is 0 Å². The number of hydrogen-bond donors (Lipinski definition) is 1. The summed E-state index contributed by atoms with van der Waals surface area (Å²) in [7, 11) is 0. The molecule has 1 heterocycles. The average molecular weight is 268 g/mol. The Morgan fingerprint density at radius 2 is 2.00 bits per heavy atom. The summed E-state index contributed by atoms with van der Waals surface area (Å²) < 4.78 is 0. The van der Waals surface area contributed by atoms with Crippen LogP contribution in [-0.4, -0.2) is 23.0 Å². The number of thioether (sulfide) groups is 1. The van der Waals surface area contributed by atoms with Crippen molar-refractivity contribution < 1.29 is 0 Å². The van der Waals surface area contributed by atoms with Crippen LogP contribution in [0.1, 0.15) is 59.3 Å². The topological polar surface area (TPSA) is 24.4 Å². The maximum atomic E-state index is 4.81. The van der Waals surface area contributed by atoms with E-state index in [-0.39, 0.29) is 0 Å². The predicted octanol–water partition coefficient (Wildman–Crippen LogP) is 4.06. The van der Waals surface area contributed by atoms with Crippen molar-refractivity contribution in [3.8, 4) is 0 Å². The zero-order chi connectivity index (χ0) is 13.0. The van der Waals surface area contributed by atoms with Gasteiger partial charge in [0.15, 0.2) is 5.17 Å². The number of nitrogens with one attached hydrogen (secondary N) is 1. The van der Waals surface area contributed by atoms with E-state index in [1.54, 1.807) is 0 Å². The van der Waals surface area contributed by atoms with Gasteiger partial charge in [-0.3, -0.25) is 4.99 Å². The van der Waals surface area contributed by atoms with Gasteiger partial charge in [0.05, 0.1) is 6.04 Å². The van der Waals surface area contributed by atoms with Gasteiger partial charge in [-0.1, -0.05) is 45.4 Å². The zero-order valence-corrected chi connectivity index (χ0v) is 12.9. The molecule has 0 saturated heterocycles. The molecule has 0 aromatic carbocycles. The van der Waals surface area contributed by atoms with Crippen LogP contribution in [-0.2, 0) is 0 Å². The molecular weight excluding hydrogens is 240 g/mol. The molecule has 2 rings (SSSR count). The second-order valence-electron chi connectivity index (χ2n) is 6.21. The minimum Gasteiger partial charge on any atom is -0.362 e. The van der Waals surface area contributed by atoms with Crippen LogP contribution in [0.25, 0.3) is 0 Å². The standard InChI is InChI=1S/C15H28N2S/c1-4-5-12-6-8-13(9-7-12)16-15-17-14(10-18-15)11(2)3/h11-14H,4-10H2,1-3H3,(H,16,17)/t12?,13?,14-/m1/s1. The molecule has 2 nitrogen and oxygen atoms in total. The molecule has 0 aromatic rings. The molecule has 0 radical (unpaired) electrons. The van der Waals surface area contributed by atoms with Crippen LogP contribution < -0.4 is 5.32 Å².